The molecule has 2 fully saturated rings. The topological polar surface area (TPSA) is 59.1 Å². The Morgan fingerprint density at radius 2 is 1.76 bits per heavy atom. The Kier molecular flexibility index (Phi) is 6.22. The summed E-state index contributed by atoms with van der Waals surface area (Å²) in [6.07, 6.45) is 0.0538. The maximum atomic E-state index is 12.5. The first kappa shape index (κ1) is 19.6. The summed E-state index contributed by atoms with van der Waals surface area (Å²) < 4.78 is 11.3. The summed E-state index contributed by atoms with van der Waals surface area (Å²) in [6, 6.07) is 19.7. The van der Waals surface area contributed by atoms with Crippen molar-refractivity contribution in [3.05, 3.63) is 66.2 Å². The second-order valence-electron chi connectivity index (χ2n) is 7.58. The van der Waals surface area contributed by atoms with E-state index in [1.807, 2.05) is 48.5 Å². The van der Waals surface area contributed by atoms with Gasteiger partial charge in [-0.1, -0.05) is 48.5 Å². The van der Waals surface area contributed by atoms with E-state index in [0.717, 1.165) is 25.3 Å². The van der Waals surface area contributed by atoms with E-state index in [2.05, 4.69) is 17.0 Å². The summed E-state index contributed by atoms with van der Waals surface area (Å²) in [5, 5.41) is 0. The van der Waals surface area contributed by atoms with Gasteiger partial charge in [0.2, 0.25) is 5.91 Å². The molecule has 0 aromatic heterocycles. The first-order chi connectivity index (χ1) is 14.2. The smallest absolute Gasteiger partial charge is 0.311 e. The molecule has 2 atom stereocenters. The zero-order valence-electron chi connectivity index (χ0n) is 16.4. The summed E-state index contributed by atoms with van der Waals surface area (Å²) in [6.45, 7) is 3.66. The predicted octanol–water partition coefficient (Wildman–Crippen LogP) is 2.48. The van der Waals surface area contributed by atoms with Gasteiger partial charge < -0.3 is 14.4 Å². The van der Waals surface area contributed by atoms with E-state index in [0.29, 0.717) is 13.2 Å². The van der Waals surface area contributed by atoms with Crippen molar-refractivity contribution in [2.75, 3.05) is 37.7 Å². The van der Waals surface area contributed by atoms with E-state index in [-0.39, 0.29) is 31.0 Å². The highest BCUT2D eigenvalue weighted by molar-refractivity contribution is 5.99. The van der Waals surface area contributed by atoms with E-state index >= 15 is 0 Å². The van der Waals surface area contributed by atoms with Crippen LogP contribution in [0.2, 0.25) is 0 Å². The van der Waals surface area contributed by atoms with Crippen LogP contribution in [0.15, 0.2) is 60.7 Å². The molecule has 0 spiro atoms. The number of carbonyl (C=O) groups is 2. The first-order valence-electron chi connectivity index (χ1n) is 10.1. The predicted molar refractivity (Wildman–Crippen MR) is 109 cm³/mol. The van der Waals surface area contributed by atoms with Crippen LogP contribution in [-0.4, -0.2) is 55.7 Å². The number of esters is 1. The third-order valence-electron chi connectivity index (χ3n) is 5.41. The molecule has 0 N–H and O–H groups in total. The van der Waals surface area contributed by atoms with Gasteiger partial charge in [-0.3, -0.25) is 14.5 Å². The molecule has 4 rings (SSSR count). The fourth-order valence-electron chi connectivity index (χ4n) is 3.88. The molecule has 1 amide bonds. The van der Waals surface area contributed by atoms with Gasteiger partial charge in [0, 0.05) is 38.3 Å². The van der Waals surface area contributed by atoms with Gasteiger partial charge in [-0.25, -0.2) is 0 Å². The Morgan fingerprint density at radius 1 is 1.03 bits per heavy atom. The van der Waals surface area contributed by atoms with Crippen LogP contribution in [-0.2, 0) is 25.6 Å². The SMILES string of the molecule is O=C(OCC1CN(Cc2ccccc2)CCO1)C1CC(=O)N(c2ccccc2)C1. The molecule has 0 bridgehead atoms. The summed E-state index contributed by atoms with van der Waals surface area (Å²) >= 11 is 0. The fraction of sp³-hybridized carbons (Fsp3) is 0.391. The molecule has 2 aromatic carbocycles. The van der Waals surface area contributed by atoms with Crippen molar-refractivity contribution < 1.29 is 19.1 Å². The van der Waals surface area contributed by atoms with Crippen LogP contribution >= 0.6 is 0 Å². The number of hydrogen-bond donors (Lipinski definition) is 0. The van der Waals surface area contributed by atoms with Crippen LogP contribution in [0.1, 0.15) is 12.0 Å². The van der Waals surface area contributed by atoms with Gasteiger partial charge in [0.05, 0.1) is 12.5 Å². The quantitative estimate of drug-likeness (QED) is 0.705. The minimum Gasteiger partial charge on any atom is -0.463 e. The van der Waals surface area contributed by atoms with E-state index in [9.17, 15) is 9.59 Å². The molecular formula is C23H26N2O4. The number of ether oxygens (including phenoxy) is 2. The molecule has 0 saturated carbocycles. The van der Waals surface area contributed by atoms with Gasteiger partial charge in [0.15, 0.2) is 0 Å². The first-order valence-corrected chi connectivity index (χ1v) is 10.1. The Labute approximate surface area is 171 Å². The molecule has 2 aliphatic rings. The standard InChI is InChI=1S/C23H26N2O4/c26-22-13-19(15-25(22)20-9-5-2-6-10-20)23(27)29-17-21-16-24(11-12-28-21)14-18-7-3-1-4-8-18/h1-10,19,21H,11-17H2. The average Bonchev–Trinajstić information content (AvgIpc) is 3.15. The highest BCUT2D eigenvalue weighted by atomic mass is 16.6. The molecule has 2 saturated heterocycles. The summed E-state index contributed by atoms with van der Waals surface area (Å²) in [5.41, 5.74) is 2.08. The van der Waals surface area contributed by atoms with Crippen molar-refractivity contribution in [1.82, 2.24) is 4.90 Å². The van der Waals surface area contributed by atoms with Gasteiger partial charge in [0.25, 0.3) is 0 Å². The molecule has 6 nitrogen and oxygen atoms in total. The molecular weight excluding hydrogens is 368 g/mol. The summed E-state index contributed by atoms with van der Waals surface area (Å²) in [7, 11) is 0. The molecule has 2 aliphatic heterocycles. The number of amides is 1. The van der Waals surface area contributed by atoms with Gasteiger partial charge in [0.1, 0.15) is 12.7 Å². The Bertz CT molecular complexity index is 827. The maximum absolute atomic E-state index is 12.5. The van der Waals surface area contributed by atoms with Crippen molar-refractivity contribution in [2.24, 2.45) is 5.92 Å². The van der Waals surface area contributed by atoms with Crippen LogP contribution in [0.4, 0.5) is 5.69 Å². The fourth-order valence-corrected chi connectivity index (χ4v) is 3.88. The van der Waals surface area contributed by atoms with Crippen LogP contribution in [0, 0.1) is 5.92 Å². The second-order valence-corrected chi connectivity index (χ2v) is 7.58. The molecule has 152 valence electrons. The number of nitrogens with zero attached hydrogens (tertiary/aromatic N) is 2. The minimum atomic E-state index is -0.424. The number of benzene rings is 2. The molecule has 6 heteroatoms. The van der Waals surface area contributed by atoms with Gasteiger partial charge in [-0.2, -0.15) is 0 Å². The van der Waals surface area contributed by atoms with E-state index in [1.54, 1.807) is 4.90 Å². The molecule has 2 unspecified atom stereocenters. The number of hydrogen-bond acceptors (Lipinski definition) is 5. The highest BCUT2D eigenvalue weighted by Crippen LogP contribution is 2.25. The molecule has 0 radical (unpaired) electrons. The Balaban J connectivity index is 1.26. The van der Waals surface area contributed by atoms with E-state index in [4.69, 9.17) is 9.47 Å². The third-order valence-corrected chi connectivity index (χ3v) is 5.41. The second kappa shape index (κ2) is 9.20. The average molecular weight is 394 g/mol. The zero-order valence-corrected chi connectivity index (χ0v) is 16.4. The number of anilines is 1. The maximum Gasteiger partial charge on any atom is 0.311 e. The Morgan fingerprint density at radius 3 is 2.52 bits per heavy atom. The normalized spacial score (nSPS) is 22.6. The van der Waals surface area contributed by atoms with E-state index in [1.165, 1.54) is 5.56 Å². The Hall–Kier alpha value is -2.70. The largest absolute Gasteiger partial charge is 0.463 e. The lowest BCUT2D eigenvalue weighted by Gasteiger charge is -2.32. The lowest BCUT2D eigenvalue weighted by Crippen LogP contribution is -2.44. The molecule has 2 heterocycles. The van der Waals surface area contributed by atoms with Crippen molar-refractivity contribution in [2.45, 2.75) is 19.1 Å². The molecule has 2 aromatic rings. The number of para-hydroxylation sites is 1. The monoisotopic (exact) mass is 394 g/mol. The minimum absolute atomic E-state index is 0.0406. The number of carbonyl (C=O) groups excluding carboxylic acids is 2. The van der Waals surface area contributed by atoms with Gasteiger partial charge in [-0.15, -0.1) is 0 Å². The lowest BCUT2D eigenvalue weighted by atomic mass is 10.1. The highest BCUT2D eigenvalue weighted by Gasteiger charge is 2.36. The van der Waals surface area contributed by atoms with Crippen molar-refractivity contribution >= 4 is 17.6 Å². The van der Waals surface area contributed by atoms with Crippen LogP contribution in [0.5, 0.6) is 0 Å². The number of morpholine rings is 1. The van der Waals surface area contributed by atoms with Crippen LogP contribution in [0.25, 0.3) is 0 Å². The van der Waals surface area contributed by atoms with Crippen molar-refractivity contribution in [3.63, 3.8) is 0 Å². The molecule has 0 aliphatic carbocycles. The van der Waals surface area contributed by atoms with Gasteiger partial charge >= 0.3 is 5.97 Å². The lowest BCUT2D eigenvalue weighted by molar-refractivity contribution is -0.155. The van der Waals surface area contributed by atoms with Gasteiger partial charge in [-0.05, 0) is 17.7 Å². The van der Waals surface area contributed by atoms with E-state index < -0.39 is 5.92 Å². The third kappa shape index (κ3) is 5.02. The van der Waals surface area contributed by atoms with Crippen LogP contribution < -0.4 is 4.90 Å². The molecule has 29 heavy (non-hydrogen) atoms. The zero-order chi connectivity index (χ0) is 20.1. The summed E-state index contributed by atoms with van der Waals surface area (Å²) in [5.74, 6) is -0.784. The number of rotatable bonds is 6. The van der Waals surface area contributed by atoms with Crippen molar-refractivity contribution in [3.8, 4) is 0 Å². The van der Waals surface area contributed by atoms with Crippen LogP contribution in [0.3, 0.4) is 0 Å². The summed E-state index contributed by atoms with van der Waals surface area (Å²) in [4.78, 5) is 28.8. The van der Waals surface area contributed by atoms with Crippen molar-refractivity contribution in [1.29, 1.82) is 0 Å².